The van der Waals surface area contributed by atoms with Crippen LogP contribution in [0.3, 0.4) is 0 Å². The van der Waals surface area contributed by atoms with Gasteiger partial charge in [-0.2, -0.15) is 4.98 Å². The van der Waals surface area contributed by atoms with Crippen molar-refractivity contribution in [2.75, 3.05) is 18.4 Å². The van der Waals surface area contributed by atoms with Gasteiger partial charge in [-0.05, 0) is 37.8 Å². The molecule has 6 heteroatoms. The van der Waals surface area contributed by atoms with E-state index in [2.05, 4.69) is 29.3 Å². The molecule has 2 aromatic carbocycles. The first-order valence-corrected chi connectivity index (χ1v) is 10.2. The maximum absolute atomic E-state index is 12.7. The highest BCUT2D eigenvalue weighted by Gasteiger charge is 2.28. The normalized spacial score (nSPS) is 14.8. The molecule has 1 saturated heterocycles. The molecule has 2 heterocycles. The summed E-state index contributed by atoms with van der Waals surface area (Å²) in [5.74, 6) is 1.47. The van der Waals surface area contributed by atoms with Gasteiger partial charge >= 0.3 is 6.03 Å². The van der Waals surface area contributed by atoms with E-state index in [1.165, 1.54) is 5.56 Å². The lowest BCUT2D eigenvalue weighted by Crippen LogP contribution is -2.40. The zero-order chi connectivity index (χ0) is 20.2. The van der Waals surface area contributed by atoms with Gasteiger partial charge in [-0.15, -0.1) is 0 Å². The summed E-state index contributed by atoms with van der Waals surface area (Å²) in [6, 6.07) is 16.0. The SMILES string of the molecule is CCc1ccccc1NC(=O)N1CCC(c2nc(-c3ccc(C)cc3)no2)CC1. The number of hydrogen-bond donors (Lipinski definition) is 1. The van der Waals surface area contributed by atoms with Crippen LogP contribution in [0.4, 0.5) is 10.5 Å². The number of hydrogen-bond acceptors (Lipinski definition) is 4. The van der Waals surface area contributed by atoms with Crippen molar-refractivity contribution in [3.63, 3.8) is 0 Å². The number of aromatic nitrogens is 2. The van der Waals surface area contributed by atoms with Crippen molar-refractivity contribution in [1.29, 1.82) is 0 Å². The van der Waals surface area contributed by atoms with Crippen molar-refractivity contribution < 1.29 is 9.32 Å². The van der Waals surface area contributed by atoms with Crippen molar-refractivity contribution in [3.05, 3.63) is 65.5 Å². The van der Waals surface area contributed by atoms with Crippen LogP contribution in [0.5, 0.6) is 0 Å². The van der Waals surface area contributed by atoms with Crippen molar-refractivity contribution >= 4 is 11.7 Å². The van der Waals surface area contributed by atoms with Crippen LogP contribution in [0.2, 0.25) is 0 Å². The maximum Gasteiger partial charge on any atom is 0.321 e. The minimum atomic E-state index is -0.0461. The van der Waals surface area contributed by atoms with Crippen LogP contribution in [0, 0.1) is 6.92 Å². The number of nitrogens with one attached hydrogen (secondary N) is 1. The van der Waals surface area contributed by atoms with Gasteiger partial charge in [-0.25, -0.2) is 4.79 Å². The molecule has 4 rings (SSSR count). The van der Waals surface area contributed by atoms with Gasteiger partial charge in [0.05, 0.1) is 0 Å². The quantitative estimate of drug-likeness (QED) is 0.679. The van der Waals surface area contributed by atoms with Crippen LogP contribution in [-0.2, 0) is 6.42 Å². The van der Waals surface area contributed by atoms with Crippen molar-refractivity contribution in [2.24, 2.45) is 0 Å². The molecule has 1 aliphatic heterocycles. The van der Waals surface area contributed by atoms with Gasteiger partial charge in [0.25, 0.3) is 0 Å². The number of para-hydroxylation sites is 1. The fraction of sp³-hybridized carbons (Fsp3) is 0.348. The third-order valence-electron chi connectivity index (χ3n) is 5.52. The Balaban J connectivity index is 1.36. The summed E-state index contributed by atoms with van der Waals surface area (Å²) in [7, 11) is 0. The monoisotopic (exact) mass is 390 g/mol. The molecule has 0 saturated carbocycles. The van der Waals surface area contributed by atoms with Crippen LogP contribution in [0.15, 0.2) is 53.1 Å². The van der Waals surface area contributed by atoms with Gasteiger partial charge < -0.3 is 14.7 Å². The zero-order valence-corrected chi connectivity index (χ0v) is 16.9. The number of benzene rings is 2. The van der Waals surface area contributed by atoms with Gasteiger partial charge in [0.1, 0.15) is 0 Å². The summed E-state index contributed by atoms with van der Waals surface area (Å²) in [6.07, 6.45) is 2.52. The van der Waals surface area contributed by atoms with E-state index >= 15 is 0 Å². The summed E-state index contributed by atoms with van der Waals surface area (Å²) in [6.45, 7) is 5.49. The molecule has 0 spiro atoms. The average molecular weight is 390 g/mol. The van der Waals surface area contributed by atoms with Crippen molar-refractivity contribution in [3.8, 4) is 11.4 Å². The number of urea groups is 1. The molecule has 3 aromatic rings. The van der Waals surface area contributed by atoms with E-state index < -0.39 is 0 Å². The number of nitrogens with zero attached hydrogens (tertiary/aromatic N) is 3. The van der Waals surface area contributed by atoms with Gasteiger partial charge in [0.2, 0.25) is 11.7 Å². The van der Waals surface area contributed by atoms with E-state index in [9.17, 15) is 4.79 Å². The number of carbonyl (C=O) groups excluding carboxylic acids is 1. The molecule has 0 radical (unpaired) electrons. The standard InChI is InChI=1S/C23H26N4O2/c1-3-17-6-4-5-7-20(17)24-23(28)27-14-12-19(13-15-27)22-25-21(26-29-22)18-10-8-16(2)9-11-18/h4-11,19H,3,12-15H2,1-2H3,(H,24,28). The first-order chi connectivity index (χ1) is 14.1. The van der Waals surface area contributed by atoms with E-state index in [4.69, 9.17) is 4.52 Å². The minimum absolute atomic E-state index is 0.0461. The fourth-order valence-electron chi connectivity index (χ4n) is 3.70. The summed E-state index contributed by atoms with van der Waals surface area (Å²) in [5, 5.41) is 7.19. The highest BCUT2D eigenvalue weighted by Crippen LogP contribution is 2.29. The molecule has 29 heavy (non-hydrogen) atoms. The molecule has 0 unspecified atom stereocenters. The van der Waals surface area contributed by atoms with E-state index in [1.54, 1.807) is 0 Å². The van der Waals surface area contributed by atoms with E-state index in [0.29, 0.717) is 24.8 Å². The first-order valence-electron chi connectivity index (χ1n) is 10.2. The van der Waals surface area contributed by atoms with Gasteiger partial charge in [-0.3, -0.25) is 0 Å². The Bertz CT molecular complexity index is 973. The zero-order valence-electron chi connectivity index (χ0n) is 16.9. The second kappa shape index (κ2) is 8.47. The summed E-state index contributed by atoms with van der Waals surface area (Å²) in [4.78, 5) is 19.1. The second-order valence-electron chi connectivity index (χ2n) is 7.52. The minimum Gasteiger partial charge on any atom is -0.339 e. The summed E-state index contributed by atoms with van der Waals surface area (Å²) < 4.78 is 5.53. The Kier molecular flexibility index (Phi) is 5.60. The number of carbonyl (C=O) groups is 1. The summed E-state index contributed by atoms with van der Waals surface area (Å²) in [5.41, 5.74) is 4.19. The molecular weight excluding hydrogens is 364 g/mol. The molecule has 1 aromatic heterocycles. The lowest BCUT2D eigenvalue weighted by Gasteiger charge is -2.30. The molecule has 1 fully saturated rings. The lowest BCUT2D eigenvalue weighted by atomic mass is 9.97. The molecule has 150 valence electrons. The molecular formula is C23H26N4O2. The first kappa shape index (κ1) is 19.2. The fourth-order valence-corrected chi connectivity index (χ4v) is 3.70. The smallest absolute Gasteiger partial charge is 0.321 e. The predicted octanol–water partition coefficient (Wildman–Crippen LogP) is 5.02. The topological polar surface area (TPSA) is 71.3 Å². The number of rotatable bonds is 4. The number of piperidine rings is 1. The van der Waals surface area contributed by atoms with Gasteiger partial charge in [0, 0.05) is 30.3 Å². The van der Waals surface area contributed by atoms with Gasteiger partial charge in [0.15, 0.2) is 0 Å². The molecule has 2 amide bonds. The van der Waals surface area contributed by atoms with Crippen LogP contribution >= 0.6 is 0 Å². The van der Waals surface area contributed by atoms with E-state index in [-0.39, 0.29) is 11.9 Å². The average Bonchev–Trinajstić information content (AvgIpc) is 3.25. The number of anilines is 1. The molecule has 0 atom stereocenters. The van der Waals surface area contributed by atoms with E-state index in [0.717, 1.165) is 36.1 Å². The maximum atomic E-state index is 12.7. The number of likely N-dealkylation sites (tertiary alicyclic amines) is 1. The second-order valence-corrected chi connectivity index (χ2v) is 7.52. The van der Waals surface area contributed by atoms with Crippen LogP contribution < -0.4 is 5.32 Å². The predicted molar refractivity (Wildman–Crippen MR) is 113 cm³/mol. The van der Waals surface area contributed by atoms with Crippen LogP contribution in [0.25, 0.3) is 11.4 Å². The third-order valence-corrected chi connectivity index (χ3v) is 5.52. The largest absolute Gasteiger partial charge is 0.339 e. The highest BCUT2D eigenvalue weighted by atomic mass is 16.5. The molecule has 1 N–H and O–H groups in total. The Labute approximate surface area is 170 Å². The Morgan fingerprint density at radius 1 is 1.14 bits per heavy atom. The van der Waals surface area contributed by atoms with Crippen molar-refractivity contribution in [2.45, 2.75) is 39.0 Å². The molecule has 0 aliphatic carbocycles. The molecule has 1 aliphatic rings. The summed E-state index contributed by atoms with van der Waals surface area (Å²) >= 11 is 0. The number of aryl methyl sites for hydroxylation is 2. The lowest BCUT2D eigenvalue weighted by molar-refractivity contribution is 0.187. The van der Waals surface area contributed by atoms with Crippen LogP contribution in [-0.4, -0.2) is 34.2 Å². The molecule has 0 bridgehead atoms. The third kappa shape index (κ3) is 4.31. The van der Waals surface area contributed by atoms with E-state index in [1.807, 2.05) is 53.4 Å². The molecule has 6 nitrogen and oxygen atoms in total. The highest BCUT2D eigenvalue weighted by molar-refractivity contribution is 5.90. The number of amides is 2. The Hall–Kier alpha value is -3.15. The van der Waals surface area contributed by atoms with Crippen molar-refractivity contribution in [1.82, 2.24) is 15.0 Å². The van der Waals surface area contributed by atoms with Gasteiger partial charge in [-0.1, -0.05) is 60.1 Å². The Morgan fingerprint density at radius 2 is 1.86 bits per heavy atom. The van der Waals surface area contributed by atoms with Crippen LogP contribution in [0.1, 0.15) is 42.7 Å². The Morgan fingerprint density at radius 3 is 2.59 bits per heavy atom.